The van der Waals surface area contributed by atoms with Crippen molar-refractivity contribution >= 4 is 5.82 Å². The Hall–Kier alpha value is -1.13. The van der Waals surface area contributed by atoms with E-state index < -0.39 is 0 Å². The first-order chi connectivity index (χ1) is 9.17. The second kappa shape index (κ2) is 6.35. The molecule has 1 aromatic heterocycles. The molecule has 1 saturated heterocycles. The first kappa shape index (κ1) is 14.3. The molecule has 1 unspecified atom stereocenters. The fraction of sp³-hybridized carbons (Fsp3) is 0.667. The van der Waals surface area contributed by atoms with E-state index in [9.17, 15) is 5.11 Å². The fourth-order valence-electron chi connectivity index (χ4n) is 2.98. The van der Waals surface area contributed by atoms with E-state index in [1.807, 2.05) is 6.92 Å². The lowest BCUT2D eigenvalue weighted by molar-refractivity contribution is 0.254. The van der Waals surface area contributed by atoms with Gasteiger partial charge in [-0.15, -0.1) is 0 Å². The van der Waals surface area contributed by atoms with Gasteiger partial charge in [0.1, 0.15) is 5.82 Å². The summed E-state index contributed by atoms with van der Waals surface area (Å²) in [4.78, 5) is 6.98. The molecule has 0 amide bonds. The maximum atomic E-state index is 9.65. The summed E-state index contributed by atoms with van der Waals surface area (Å²) in [5, 5.41) is 9.65. The summed E-state index contributed by atoms with van der Waals surface area (Å²) in [6.07, 6.45) is 4.62. The molecule has 0 aromatic carbocycles. The largest absolute Gasteiger partial charge is 0.394 e. The first-order valence-electron chi connectivity index (χ1n) is 7.22. The Morgan fingerprint density at radius 2 is 2.16 bits per heavy atom. The third-order valence-electron chi connectivity index (χ3n) is 4.02. The molecule has 1 aliphatic heterocycles. The lowest BCUT2D eigenvalue weighted by atomic mass is 10.1. The van der Waals surface area contributed by atoms with Crippen LogP contribution in [0.3, 0.4) is 0 Å². The number of pyridine rings is 1. The van der Waals surface area contributed by atoms with E-state index in [1.165, 1.54) is 18.4 Å². The topological polar surface area (TPSA) is 62.4 Å². The average molecular weight is 263 g/mol. The van der Waals surface area contributed by atoms with Crippen LogP contribution in [0.5, 0.6) is 0 Å². The molecule has 4 nitrogen and oxygen atoms in total. The molecule has 106 valence electrons. The predicted octanol–water partition coefficient (Wildman–Crippen LogP) is 1.90. The van der Waals surface area contributed by atoms with Crippen LogP contribution in [0, 0.1) is 13.8 Å². The van der Waals surface area contributed by atoms with Crippen LogP contribution >= 0.6 is 0 Å². The molecule has 2 rings (SSSR count). The van der Waals surface area contributed by atoms with Gasteiger partial charge in [-0.1, -0.05) is 12.8 Å². The van der Waals surface area contributed by atoms with Crippen LogP contribution in [0.2, 0.25) is 0 Å². The van der Waals surface area contributed by atoms with Gasteiger partial charge in [-0.25, -0.2) is 4.98 Å². The monoisotopic (exact) mass is 263 g/mol. The Kier molecular flexibility index (Phi) is 4.77. The molecular weight excluding hydrogens is 238 g/mol. The number of hydrogen-bond donors (Lipinski definition) is 2. The van der Waals surface area contributed by atoms with Gasteiger partial charge in [0.25, 0.3) is 0 Å². The van der Waals surface area contributed by atoms with E-state index in [0.717, 1.165) is 36.5 Å². The first-order valence-corrected chi connectivity index (χ1v) is 7.22. The van der Waals surface area contributed by atoms with Gasteiger partial charge >= 0.3 is 0 Å². The van der Waals surface area contributed by atoms with Gasteiger partial charge in [0.05, 0.1) is 12.6 Å². The normalized spacial score (nSPS) is 20.4. The van der Waals surface area contributed by atoms with Gasteiger partial charge in [-0.05, 0) is 38.3 Å². The zero-order chi connectivity index (χ0) is 13.8. The molecule has 1 aliphatic rings. The SMILES string of the molecule is Cc1cc(C)c(CN)c(N2CCCCCC2CO)n1. The van der Waals surface area contributed by atoms with Crippen molar-refractivity contribution in [3.05, 3.63) is 22.9 Å². The molecule has 3 N–H and O–H groups in total. The van der Waals surface area contributed by atoms with E-state index in [-0.39, 0.29) is 12.6 Å². The van der Waals surface area contributed by atoms with Gasteiger partial charge < -0.3 is 15.7 Å². The third kappa shape index (κ3) is 3.07. The zero-order valence-electron chi connectivity index (χ0n) is 12.0. The minimum Gasteiger partial charge on any atom is -0.394 e. The Morgan fingerprint density at radius 3 is 2.84 bits per heavy atom. The number of aliphatic hydroxyl groups is 1. The molecule has 1 atom stereocenters. The highest BCUT2D eigenvalue weighted by atomic mass is 16.3. The molecule has 0 radical (unpaired) electrons. The third-order valence-corrected chi connectivity index (χ3v) is 4.02. The molecule has 0 spiro atoms. The van der Waals surface area contributed by atoms with Crippen molar-refractivity contribution in [2.24, 2.45) is 5.73 Å². The lowest BCUT2D eigenvalue weighted by Crippen LogP contribution is -2.39. The molecular formula is C15H25N3O. The summed E-state index contributed by atoms with van der Waals surface area (Å²) in [6.45, 7) is 5.77. The number of aryl methyl sites for hydroxylation is 2. The quantitative estimate of drug-likeness (QED) is 0.874. The maximum Gasteiger partial charge on any atom is 0.133 e. The summed E-state index contributed by atoms with van der Waals surface area (Å²) in [5.74, 6) is 0.987. The van der Waals surface area contributed by atoms with Crippen molar-refractivity contribution in [2.45, 2.75) is 52.1 Å². The number of aliphatic hydroxyl groups excluding tert-OH is 1. The second-order valence-electron chi connectivity index (χ2n) is 5.47. The van der Waals surface area contributed by atoms with E-state index in [1.54, 1.807) is 0 Å². The van der Waals surface area contributed by atoms with Crippen molar-refractivity contribution in [1.82, 2.24) is 4.98 Å². The molecule has 19 heavy (non-hydrogen) atoms. The van der Waals surface area contributed by atoms with Crippen molar-refractivity contribution in [1.29, 1.82) is 0 Å². The number of anilines is 1. The Morgan fingerprint density at radius 1 is 1.37 bits per heavy atom. The van der Waals surface area contributed by atoms with Gasteiger partial charge in [0, 0.05) is 24.3 Å². The highest BCUT2D eigenvalue weighted by Gasteiger charge is 2.24. The maximum absolute atomic E-state index is 9.65. The smallest absolute Gasteiger partial charge is 0.133 e. The Balaban J connectivity index is 2.42. The second-order valence-corrected chi connectivity index (χ2v) is 5.47. The van der Waals surface area contributed by atoms with E-state index in [0.29, 0.717) is 6.54 Å². The van der Waals surface area contributed by atoms with Crippen LogP contribution in [0.25, 0.3) is 0 Å². The van der Waals surface area contributed by atoms with Gasteiger partial charge in [-0.2, -0.15) is 0 Å². The number of hydrogen-bond acceptors (Lipinski definition) is 4. The van der Waals surface area contributed by atoms with Crippen LogP contribution in [-0.4, -0.2) is 29.3 Å². The highest BCUT2D eigenvalue weighted by molar-refractivity contribution is 5.52. The predicted molar refractivity (Wildman–Crippen MR) is 78.3 cm³/mol. The highest BCUT2D eigenvalue weighted by Crippen LogP contribution is 2.27. The summed E-state index contributed by atoms with van der Waals surface area (Å²) in [6, 6.07) is 2.26. The number of nitrogens with zero attached hydrogens (tertiary/aromatic N) is 2. The van der Waals surface area contributed by atoms with Crippen LogP contribution in [-0.2, 0) is 6.54 Å². The minimum absolute atomic E-state index is 0.182. The van der Waals surface area contributed by atoms with Crippen LogP contribution < -0.4 is 10.6 Å². The summed E-state index contributed by atoms with van der Waals surface area (Å²) in [7, 11) is 0. The number of rotatable bonds is 3. The standard InChI is InChI=1S/C15H25N3O/c1-11-8-12(2)17-15(14(11)9-16)18-7-5-3-4-6-13(18)10-19/h8,13,19H,3-7,9-10,16H2,1-2H3. The Labute approximate surface area is 115 Å². The van der Waals surface area contributed by atoms with Crippen LogP contribution in [0.4, 0.5) is 5.82 Å². The summed E-state index contributed by atoms with van der Waals surface area (Å²) in [5.41, 5.74) is 9.24. The van der Waals surface area contributed by atoms with Crippen LogP contribution in [0.1, 0.15) is 42.5 Å². The van der Waals surface area contributed by atoms with E-state index in [4.69, 9.17) is 10.7 Å². The molecule has 0 saturated carbocycles. The number of nitrogens with two attached hydrogens (primary N) is 1. The molecule has 0 bridgehead atoms. The molecule has 2 heterocycles. The van der Waals surface area contributed by atoms with Crippen LogP contribution in [0.15, 0.2) is 6.07 Å². The zero-order valence-corrected chi connectivity index (χ0v) is 12.0. The molecule has 0 aliphatic carbocycles. The molecule has 1 aromatic rings. The van der Waals surface area contributed by atoms with E-state index >= 15 is 0 Å². The average Bonchev–Trinajstić information content (AvgIpc) is 2.62. The molecule has 4 heteroatoms. The van der Waals surface area contributed by atoms with Crippen molar-refractivity contribution in [2.75, 3.05) is 18.1 Å². The summed E-state index contributed by atoms with van der Waals surface area (Å²) >= 11 is 0. The van der Waals surface area contributed by atoms with Crippen molar-refractivity contribution < 1.29 is 5.11 Å². The van der Waals surface area contributed by atoms with Crippen molar-refractivity contribution in [3.8, 4) is 0 Å². The summed E-state index contributed by atoms with van der Waals surface area (Å²) < 4.78 is 0. The van der Waals surface area contributed by atoms with E-state index in [2.05, 4.69) is 17.9 Å². The van der Waals surface area contributed by atoms with Crippen molar-refractivity contribution in [3.63, 3.8) is 0 Å². The lowest BCUT2D eigenvalue weighted by Gasteiger charge is -2.32. The number of aromatic nitrogens is 1. The van der Waals surface area contributed by atoms with Gasteiger partial charge in [0.15, 0.2) is 0 Å². The minimum atomic E-state index is 0.182. The van der Waals surface area contributed by atoms with Gasteiger partial charge in [0.2, 0.25) is 0 Å². The molecule has 1 fully saturated rings. The Bertz CT molecular complexity index is 434. The van der Waals surface area contributed by atoms with Gasteiger partial charge in [-0.3, -0.25) is 0 Å². The fourth-order valence-corrected chi connectivity index (χ4v) is 2.98.